The molecule has 0 N–H and O–H groups in total. The molecule has 2 aromatic heterocycles. The lowest BCUT2D eigenvalue weighted by molar-refractivity contribution is -0.0665. The van der Waals surface area contributed by atoms with Gasteiger partial charge in [-0.25, -0.2) is 18.6 Å². The number of benzene rings is 2. The van der Waals surface area contributed by atoms with Gasteiger partial charge >= 0.3 is 12.1 Å². The molecule has 312 valence electrons. The summed E-state index contributed by atoms with van der Waals surface area (Å²) in [5.74, 6) is 2.23. The van der Waals surface area contributed by atoms with Crippen molar-refractivity contribution < 1.29 is 42.1 Å². The molecule has 4 atom stereocenters. The summed E-state index contributed by atoms with van der Waals surface area (Å²) < 4.78 is 61.2. The molecule has 9 rings (SSSR count). The molecule has 1 amide bonds. The van der Waals surface area contributed by atoms with Gasteiger partial charge < -0.3 is 33.2 Å². The molecule has 6 heterocycles. The maximum Gasteiger partial charge on any atom is 0.411 e. The van der Waals surface area contributed by atoms with Crippen LogP contribution in [0.5, 0.6) is 11.8 Å². The molecule has 2 bridgehead atoms. The van der Waals surface area contributed by atoms with Crippen molar-refractivity contribution in [2.75, 3.05) is 64.8 Å². The zero-order valence-corrected chi connectivity index (χ0v) is 33.8. The number of amides is 1. The minimum absolute atomic E-state index is 0.0500. The Hall–Kier alpha value is -5.11. The number of aromatic nitrogens is 4. The van der Waals surface area contributed by atoms with E-state index >= 15 is 9.18 Å². The third-order valence-corrected chi connectivity index (χ3v) is 12.3. The van der Waals surface area contributed by atoms with E-state index in [2.05, 4.69) is 15.7 Å². The van der Waals surface area contributed by atoms with Gasteiger partial charge in [-0.15, -0.1) is 6.42 Å². The number of carbonyl (C=O) groups is 2. The van der Waals surface area contributed by atoms with Crippen LogP contribution in [0.15, 0.2) is 24.3 Å². The van der Waals surface area contributed by atoms with Crippen molar-refractivity contribution in [1.29, 1.82) is 0 Å². The smallest absolute Gasteiger partial charge is 0.411 e. The van der Waals surface area contributed by atoms with Crippen molar-refractivity contribution in [3.8, 4) is 24.1 Å². The summed E-state index contributed by atoms with van der Waals surface area (Å²) in [4.78, 5) is 49.6. The van der Waals surface area contributed by atoms with Crippen molar-refractivity contribution in [3.63, 3.8) is 0 Å². The summed E-state index contributed by atoms with van der Waals surface area (Å²) in [5, 5.41) is 0.775. The molecule has 1 saturated carbocycles. The highest BCUT2D eigenvalue weighted by Crippen LogP contribution is 2.43. The molecule has 5 aliphatic rings. The lowest BCUT2D eigenvalue weighted by Gasteiger charge is -2.49. The first-order valence-electron chi connectivity index (χ1n) is 20.4. The normalized spacial score (nSPS) is 24.6. The van der Waals surface area contributed by atoms with Crippen LogP contribution in [0.2, 0.25) is 0 Å². The quantitative estimate of drug-likeness (QED) is 0.109. The Morgan fingerprint density at radius 3 is 2.51 bits per heavy atom. The lowest BCUT2D eigenvalue weighted by atomic mass is 9.91. The summed E-state index contributed by atoms with van der Waals surface area (Å²) in [6.07, 6.45) is 9.13. The number of methoxy groups -OCH3 is 1. The molecule has 14 nitrogen and oxygen atoms in total. The van der Waals surface area contributed by atoms with Gasteiger partial charge in [-0.05, 0) is 83.0 Å². The Balaban J connectivity index is 1.18. The Kier molecular flexibility index (Phi) is 10.1. The molecular formula is C43H49F2N7O7. The number of nitrogens with zero attached hydrogens (tertiary/aromatic N) is 7. The number of imidazole rings is 1. The van der Waals surface area contributed by atoms with Crippen LogP contribution in [0.1, 0.15) is 87.1 Å². The van der Waals surface area contributed by atoms with Gasteiger partial charge in [0.2, 0.25) is 5.78 Å². The third-order valence-electron chi connectivity index (χ3n) is 12.3. The molecule has 5 fully saturated rings. The van der Waals surface area contributed by atoms with Gasteiger partial charge in [0, 0.05) is 50.2 Å². The SMILES string of the molecule is C#Cc1c(F)ccc2cc(OCOC)cc(C(=O)c3nc4nc(OC[C@@]56CCCN5C[C@H](F)C6)nc(N5CC6COCC(C5)N6C(=O)OC(C)(C)C)c4n3C3CCC3)c12. The van der Waals surface area contributed by atoms with E-state index in [9.17, 15) is 9.18 Å². The number of ketones is 1. The van der Waals surface area contributed by atoms with E-state index in [1.54, 1.807) is 23.1 Å². The molecule has 4 aliphatic heterocycles. The minimum Gasteiger partial charge on any atom is -0.468 e. The van der Waals surface area contributed by atoms with Crippen LogP contribution in [-0.2, 0) is 14.2 Å². The van der Waals surface area contributed by atoms with Gasteiger partial charge in [0.25, 0.3) is 0 Å². The van der Waals surface area contributed by atoms with Crippen LogP contribution >= 0.6 is 0 Å². The highest BCUT2D eigenvalue weighted by atomic mass is 19.1. The maximum atomic E-state index is 15.3. The summed E-state index contributed by atoms with van der Waals surface area (Å²) in [5.41, 5.74) is -0.297. The second-order valence-electron chi connectivity index (χ2n) is 17.4. The summed E-state index contributed by atoms with van der Waals surface area (Å²) >= 11 is 0. The molecule has 16 heteroatoms. The minimum atomic E-state index is -0.939. The Labute approximate surface area is 341 Å². The maximum absolute atomic E-state index is 15.3. The topological polar surface area (TPSA) is 134 Å². The van der Waals surface area contributed by atoms with Crippen molar-refractivity contribution in [2.24, 2.45) is 0 Å². The van der Waals surface area contributed by atoms with E-state index in [1.807, 2.05) is 25.3 Å². The molecular weight excluding hydrogens is 765 g/mol. The molecule has 4 aromatic rings. The molecule has 0 spiro atoms. The molecule has 2 aromatic carbocycles. The number of alkyl halides is 1. The number of terminal acetylenes is 1. The second-order valence-corrected chi connectivity index (χ2v) is 17.4. The van der Waals surface area contributed by atoms with E-state index in [0.29, 0.717) is 61.7 Å². The highest BCUT2D eigenvalue weighted by molar-refractivity contribution is 6.17. The number of halogens is 2. The van der Waals surface area contributed by atoms with Gasteiger partial charge in [-0.1, -0.05) is 12.0 Å². The average molecular weight is 814 g/mol. The molecule has 2 unspecified atom stereocenters. The van der Waals surface area contributed by atoms with Crippen molar-refractivity contribution in [1.82, 2.24) is 29.3 Å². The Bertz CT molecular complexity index is 2340. The number of anilines is 1. The summed E-state index contributed by atoms with van der Waals surface area (Å²) in [6.45, 7) is 8.08. The number of hydrogen-bond donors (Lipinski definition) is 0. The lowest BCUT2D eigenvalue weighted by Crippen LogP contribution is -2.66. The number of fused-ring (bicyclic) bond motifs is 5. The summed E-state index contributed by atoms with van der Waals surface area (Å²) in [7, 11) is 1.49. The van der Waals surface area contributed by atoms with Gasteiger partial charge in [0.1, 0.15) is 35.5 Å². The number of piperazine rings is 1. The number of hydrogen-bond acceptors (Lipinski definition) is 12. The summed E-state index contributed by atoms with van der Waals surface area (Å²) in [6, 6.07) is 5.27. The van der Waals surface area contributed by atoms with Crippen LogP contribution in [0.3, 0.4) is 0 Å². The highest BCUT2D eigenvalue weighted by Gasteiger charge is 2.50. The van der Waals surface area contributed by atoms with E-state index < -0.39 is 35.0 Å². The van der Waals surface area contributed by atoms with Crippen LogP contribution < -0.4 is 14.4 Å². The zero-order chi connectivity index (χ0) is 41.2. The Morgan fingerprint density at radius 2 is 1.81 bits per heavy atom. The second kappa shape index (κ2) is 15.2. The van der Waals surface area contributed by atoms with Crippen LogP contribution in [-0.4, -0.2) is 130 Å². The fourth-order valence-electron chi connectivity index (χ4n) is 9.57. The molecule has 59 heavy (non-hydrogen) atoms. The van der Waals surface area contributed by atoms with Crippen LogP contribution in [0.25, 0.3) is 21.9 Å². The first-order valence-corrected chi connectivity index (χ1v) is 20.4. The van der Waals surface area contributed by atoms with Gasteiger partial charge in [-0.2, -0.15) is 9.97 Å². The fourth-order valence-corrected chi connectivity index (χ4v) is 9.57. The van der Waals surface area contributed by atoms with Crippen molar-refractivity contribution in [2.45, 2.75) is 94.7 Å². The molecule has 1 aliphatic carbocycles. The van der Waals surface area contributed by atoms with E-state index in [1.165, 1.54) is 13.2 Å². The van der Waals surface area contributed by atoms with E-state index in [4.69, 9.17) is 45.1 Å². The number of ether oxygens (including phenoxy) is 5. The van der Waals surface area contributed by atoms with Crippen LogP contribution in [0, 0.1) is 18.2 Å². The van der Waals surface area contributed by atoms with Crippen LogP contribution in [0.4, 0.5) is 19.4 Å². The van der Waals surface area contributed by atoms with Gasteiger partial charge in [-0.3, -0.25) is 14.6 Å². The van der Waals surface area contributed by atoms with Gasteiger partial charge in [0.05, 0.1) is 36.4 Å². The number of rotatable bonds is 10. The predicted molar refractivity (Wildman–Crippen MR) is 213 cm³/mol. The monoisotopic (exact) mass is 813 g/mol. The van der Waals surface area contributed by atoms with Crippen molar-refractivity contribution in [3.05, 3.63) is 47.0 Å². The first-order chi connectivity index (χ1) is 28.4. The average Bonchev–Trinajstić information content (AvgIpc) is 3.83. The zero-order valence-electron chi connectivity index (χ0n) is 33.8. The fraction of sp³-hybridized carbons (Fsp3) is 0.558. The number of carbonyl (C=O) groups excluding carboxylic acids is 2. The Morgan fingerprint density at radius 1 is 1.03 bits per heavy atom. The standard InChI is InChI=1S/C43H49F2N7O7/c1-6-31-33(45)12-11-25-15-30(58-24-55-5)16-32(34(25)31)36(53)39-46-37-35(52(39)27-9-7-10-27)38(48-40(47-37)57-23-43-13-8-14-50(43)18-26(44)17-43)49-19-28-21-56-22-29(20-49)51(28)41(54)59-42(2,3)4/h1,11-12,15-16,26-29H,7-10,13-14,17-24H2,2-5H3/t26-,28?,29?,43+/m1/s1. The van der Waals surface area contributed by atoms with Crippen molar-refractivity contribution >= 4 is 39.6 Å². The first kappa shape index (κ1) is 39.4. The van der Waals surface area contributed by atoms with E-state index in [0.717, 1.165) is 38.6 Å². The third kappa shape index (κ3) is 7.10. The van der Waals surface area contributed by atoms with Gasteiger partial charge in [0.15, 0.2) is 24.1 Å². The largest absolute Gasteiger partial charge is 0.468 e. The predicted octanol–water partition coefficient (Wildman–Crippen LogP) is 5.82. The number of morpholine rings is 1. The molecule has 0 radical (unpaired) electrons. The molecule has 4 saturated heterocycles. The van der Waals surface area contributed by atoms with E-state index in [-0.39, 0.29) is 65.5 Å².